The van der Waals surface area contributed by atoms with Crippen LogP contribution in [0.1, 0.15) is 11.4 Å². The van der Waals surface area contributed by atoms with Gasteiger partial charge in [0.1, 0.15) is 18.2 Å². The predicted molar refractivity (Wildman–Crippen MR) is 119 cm³/mol. The number of para-hydroxylation sites is 2. The minimum atomic E-state index is 0.529. The molecule has 1 aromatic heterocycles. The standard InChI is InChI=1S/C24H23ClN2O3/c1-28-22-12-7-17(15-23(22)29-2)16-24-26-20-5-3-4-6-21(20)27(24)13-14-30-19-10-8-18(25)9-11-19/h3-12,15H,13-14,16H2,1-2H3. The lowest BCUT2D eigenvalue weighted by Gasteiger charge is -2.12. The molecular weight excluding hydrogens is 400 g/mol. The highest BCUT2D eigenvalue weighted by molar-refractivity contribution is 6.30. The second kappa shape index (κ2) is 9.09. The van der Waals surface area contributed by atoms with Gasteiger partial charge >= 0.3 is 0 Å². The van der Waals surface area contributed by atoms with Crippen molar-refractivity contribution in [3.05, 3.63) is 83.1 Å². The van der Waals surface area contributed by atoms with E-state index in [0.717, 1.165) is 28.2 Å². The lowest BCUT2D eigenvalue weighted by Crippen LogP contribution is -2.11. The number of hydrogen-bond donors (Lipinski definition) is 0. The molecular formula is C24H23ClN2O3. The van der Waals surface area contributed by atoms with Crippen LogP contribution < -0.4 is 14.2 Å². The third kappa shape index (κ3) is 4.36. The summed E-state index contributed by atoms with van der Waals surface area (Å²) in [4.78, 5) is 4.86. The summed E-state index contributed by atoms with van der Waals surface area (Å²) in [5, 5.41) is 0.695. The van der Waals surface area contributed by atoms with Crippen LogP contribution in [0, 0.1) is 0 Å². The van der Waals surface area contributed by atoms with E-state index < -0.39 is 0 Å². The second-order valence-corrected chi connectivity index (χ2v) is 7.27. The Kier molecular flexibility index (Phi) is 6.10. The first-order valence-corrected chi connectivity index (χ1v) is 10.1. The third-order valence-electron chi connectivity index (χ3n) is 4.94. The Balaban J connectivity index is 1.57. The summed E-state index contributed by atoms with van der Waals surface area (Å²) in [6.07, 6.45) is 0.677. The summed E-state index contributed by atoms with van der Waals surface area (Å²) < 4.78 is 18.9. The fourth-order valence-electron chi connectivity index (χ4n) is 3.47. The van der Waals surface area contributed by atoms with Gasteiger partial charge in [0.2, 0.25) is 0 Å². The summed E-state index contributed by atoms with van der Waals surface area (Å²) in [6.45, 7) is 1.21. The highest BCUT2D eigenvalue weighted by atomic mass is 35.5. The fraction of sp³-hybridized carbons (Fsp3) is 0.208. The van der Waals surface area contributed by atoms with Crippen molar-refractivity contribution in [2.24, 2.45) is 0 Å². The summed E-state index contributed by atoms with van der Waals surface area (Å²) in [6, 6.07) is 21.5. The molecule has 4 aromatic rings. The number of rotatable bonds is 8. The van der Waals surface area contributed by atoms with Crippen LogP contribution in [-0.2, 0) is 13.0 Å². The summed E-state index contributed by atoms with van der Waals surface area (Å²) in [5.74, 6) is 3.20. The number of halogens is 1. The van der Waals surface area contributed by atoms with E-state index in [1.165, 1.54) is 0 Å². The van der Waals surface area contributed by atoms with E-state index in [-0.39, 0.29) is 0 Å². The van der Waals surface area contributed by atoms with Crippen LogP contribution in [0.25, 0.3) is 11.0 Å². The second-order valence-electron chi connectivity index (χ2n) is 6.84. The number of nitrogens with zero attached hydrogens (tertiary/aromatic N) is 2. The molecule has 0 aliphatic heterocycles. The molecule has 154 valence electrons. The number of methoxy groups -OCH3 is 2. The molecule has 6 heteroatoms. The summed E-state index contributed by atoms with van der Waals surface area (Å²) in [5.41, 5.74) is 3.16. The van der Waals surface area contributed by atoms with E-state index in [2.05, 4.69) is 10.6 Å². The van der Waals surface area contributed by atoms with E-state index in [9.17, 15) is 0 Å². The number of aromatic nitrogens is 2. The van der Waals surface area contributed by atoms with Crippen molar-refractivity contribution in [3.63, 3.8) is 0 Å². The molecule has 0 N–H and O–H groups in total. The van der Waals surface area contributed by atoms with E-state index in [1.807, 2.05) is 60.7 Å². The average molecular weight is 423 g/mol. The van der Waals surface area contributed by atoms with Crippen molar-refractivity contribution in [2.45, 2.75) is 13.0 Å². The van der Waals surface area contributed by atoms with Crippen LogP contribution in [-0.4, -0.2) is 30.4 Å². The van der Waals surface area contributed by atoms with Gasteiger partial charge in [0.25, 0.3) is 0 Å². The molecule has 4 rings (SSSR count). The van der Waals surface area contributed by atoms with Gasteiger partial charge in [-0.2, -0.15) is 0 Å². The molecule has 0 bridgehead atoms. The zero-order valence-corrected chi connectivity index (χ0v) is 17.7. The Bertz CT molecular complexity index is 1140. The fourth-order valence-corrected chi connectivity index (χ4v) is 3.59. The molecule has 0 amide bonds. The molecule has 0 saturated heterocycles. The molecule has 0 spiro atoms. The van der Waals surface area contributed by atoms with E-state index >= 15 is 0 Å². The number of fused-ring (bicyclic) bond motifs is 1. The maximum absolute atomic E-state index is 5.95. The molecule has 0 aliphatic rings. The Morgan fingerprint density at radius 3 is 2.43 bits per heavy atom. The van der Waals surface area contributed by atoms with Crippen LogP contribution in [0.4, 0.5) is 0 Å². The van der Waals surface area contributed by atoms with E-state index in [4.69, 9.17) is 30.8 Å². The molecule has 0 radical (unpaired) electrons. The normalized spacial score (nSPS) is 10.9. The van der Waals surface area contributed by atoms with Crippen molar-refractivity contribution in [2.75, 3.05) is 20.8 Å². The van der Waals surface area contributed by atoms with E-state index in [0.29, 0.717) is 36.1 Å². The Morgan fingerprint density at radius 2 is 1.67 bits per heavy atom. The smallest absolute Gasteiger partial charge is 0.161 e. The monoisotopic (exact) mass is 422 g/mol. The van der Waals surface area contributed by atoms with Gasteiger partial charge in [0, 0.05) is 11.4 Å². The number of benzene rings is 3. The van der Waals surface area contributed by atoms with Crippen LogP contribution in [0.3, 0.4) is 0 Å². The lowest BCUT2D eigenvalue weighted by atomic mass is 10.1. The van der Waals surface area contributed by atoms with Crippen molar-refractivity contribution in [1.29, 1.82) is 0 Å². The maximum atomic E-state index is 5.95. The number of hydrogen-bond acceptors (Lipinski definition) is 4. The zero-order valence-electron chi connectivity index (χ0n) is 17.0. The summed E-state index contributed by atoms with van der Waals surface area (Å²) in [7, 11) is 3.28. The van der Waals surface area contributed by atoms with Crippen molar-refractivity contribution >= 4 is 22.6 Å². The van der Waals surface area contributed by atoms with Gasteiger partial charge < -0.3 is 18.8 Å². The molecule has 0 aliphatic carbocycles. The summed E-state index contributed by atoms with van der Waals surface area (Å²) >= 11 is 5.95. The first-order chi connectivity index (χ1) is 14.7. The molecule has 0 atom stereocenters. The van der Waals surface area contributed by atoms with Gasteiger partial charge in [-0.05, 0) is 54.1 Å². The van der Waals surface area contributed by atoms with Crippen molar-refractivity contribution in [1.82, 2.24) is 9.55 Å². The Labute approximate surface area is 180 Å². The van der Waals surface area contributed by atoms with Gasteiger partial charge in [-0.3, -0.25) is 0 Å². The number of imidazole rings is 1. The zero-order chi connectivity index (χ0) is 20.9. The molecule has 3 aromatic carbocycles. The van der Waals surface area contributed by atoms with Crippen molar-refractivity contribution in [3.8, 4) is 17.2 Å². The van der Waals surface area contributed by atoms with Crippen molar-refractivity contribution < 1.29 is 14.2 Å². The van der Waals surface area contributed by atoms with Gasteiger partial charge in [0.05, 0.1) is 31.8 Å². The minimum absolute atomic E-state index is 0.529. The first-order valence-electron chi connectivity index (χ1n) is 9.71. The molecule has 5 nitrogen and oxygen atoms in total. The van der Waals surface area contributed by atoms with Crippen LogP contribution in [0.15, 0.2) is 66.7 Å². The predicted octanol–water partition coefficient (Wildman–Crippen LogP) is 5.38. The largest absolute Gasteiger partial charge is 0.493 e. The SMILES string of the molecule is COc1ccc(Cc2nc3ccccc3n2CCOc2ccc(Cl)cc2)cc1OC. The van der Waals surface area contributed by atoms with E-state index in [1.54, 1.807) is 14.2 Å². The first kappa shape index (κ1) is 20.1. The van der Waals surface area contributed by atoms with Gasteiger partial charge in [-0.15, -0.1) is 0 Å². The topological polar surface area (TPSA) is 45.5 Å². The highest BCUT2D eigenvalue weighted by Crippen LogP contribution is 2.29. The molecule has 1 heterocycles. The molecule has 0 unspecified atom stereocenters. The number of ether oxygens (including phenoxy) is 3. The van der Waals surface area contributed by atoms with Gasteiger partial charge in [-0.1, -0.05) is 29.8 Å². The average Bonchev–Trinajstić information content (AvgIpc) is 3.12. The highest BCUT2D eigenvalue weighted by Gasteiger charge is 2.13. The van der Waals surface area contributed by atoms with Crippen LogP contribution in [0.2, 0.25) is 5.02 Å². The molecule has 0 fully saturated rings. The maximum Gasteiger partial charge on any atom is 0.161 e. The van der Waals surface area contributed by atoms with Crippen LogP contribution in [0.5, 0.6) is 17.2 Å². The minimum Gasteiger partial charge on any atom is -0.493 e. The third-order valence-corrected chi connectivity index (χ3v) is 5.19. The lowest BCUT2D eigenvalue weighted by molar-refractivity contribution is 0.298. The van der Waals surface area contributed by atoms with Gasteiger partial charge in [0.15, 0.2) is 11.5 Å². The quantitative estimate of drug-likeness (QED) is 0.382. The van der Waals surface area contributed by atoms with Gasteiger partial charge in [-0.25, -0.2) is 4.98 Å². The molecule has 30 heavy (non-hydrogen) atoms. The Hall–Kier alpha value is -3.18. The van der Waals surface area contributed by atoms with Crippen LogP contribution >= 0.6 is 11.6 Å². The Morgan fingerprint density at radius 1 is 0.900 bits per heavy atom. The molecule has 0 saturated carbocycles.